The summed E-state index contributed by atoms with van der Waals surface area (Å²) in [6.45, 7) is 1.23. The van der Waals surface area contributed by atoms with E-state index in [-0.39, 0.29) is 76.1 Å². The number of nitriles is 1. The van der Waals surface area contributed by atoms with Gasteiger partial charge < -0.3 is 20.5 Å². The normalized spacial score (nSPS) is 23.7. The number of hydrogen-bond donors (Lipinski definition) is 2. The Labute approximate surface area is 256 Å². The first-order valence-corrected chi connectivity index (χ1v) is 15.2. The molecule has 3 N–H and O–H groups in total. The van der Waals surface area contributed by atoms with Gasteiger partial charge >= 0.3 is 12.2 Å². The van der Waals surface area contributed by atoms with Gasteiger partial charge in [-0.25, -0.2) is 13.2 Å². The van der Waals surface area contributed by atoms with Crippen molar-refractivity contribution in [2.45, 2.75) is 49.7 Å². The molecule has 45 heavy (non-hydrogen) atoms. The molecule has 0 amide bonds. The van der Waals surface area contributed by atoms with Crippen molar-refractivity contribution in [1.82, 2.24) is 14.9 Å². The molecule has 15 heteroatoms. The Bertz CT molecular complexity index is 1890. The number of nitrogens with two attached hydrogens (primary N) is 1. The Morgan fingerprint density at radius 1 is 1.20 bits per heavy atom. The van der Waals surface area contributed by atoms with Crippen LogP contribution >= 0.6 is 11.3 Å². The first kappa shape index (κ1) is 29.8. The molecular weight excluding hydrogens is 622 g/mol. The van der Waals surface area contributed by atoms with Gasteiger partial charge in [0.1, 0.15) is 41.0 Å². The Morgan fingerprint density at radius 3 is 2.71 bits per heavy atom. The summed E-state index contributed by atoms with van der Waals surface area (Å²) in [4.78, 5) is 12.2. The highest BCUT2D eigenvalue weighted by Gasteiger charge is 2.49. The predicted octanol–water partition coefficient (Wildman–Crippen LogP) is 5.79. The summed E-state index contributed by atoms with van der Waals surface area (Å²) in [5.74, 6) is -2.25. The topological polar surface area (TPSA) is 112 Å². The Morgan fingerprint density at radius 2 is 2.00 bits per heavy atom. The Hall–Kier alpha value is -3.87. The van der Waals surface area contributed by atoms with Crippen LogP contribution in [0.15, 0.2) is 18.2 Å². The van der Waals surface area contributed by atoms with Gasteiger partial charge in [-0.2, -0.15) is 28.4 Å². The maximum absolute atomic E-state index is 16.8. The van der Waals surface area contributed by atoms with Gasteiger partial charge in [-0.15, -0.1) is 11.3 Å². The Kier molecular flexibility index (Phi) is 7.03. The quantitative estimate of drug-likeness (QED) is 0.262. The molecule has 0 saturated carbocycles. The zero-order valence-electron chi connectivity index (χ0n) is 23.6. The van der Waals surface area contributed by atoms with Crippen LogP contribution in [0.2, 0.25) is 0 Å². The molecule has 4 aromatic rings. The van der Waals surface area contributed by atoms with Crippen molar-refractivity contribution in [3.05, 3.63) is 41.0 Å². The van der Waals surface area contributed by atoms with Gasteiger partial charge in [-0.1, -0.05) is 6.07 Å². The molecule has 8 nitrogen and oxygen atoms in total. The monoisotopic (exact) mass is 648 g/mol. The minimum absolute atomic E-state index is 0.00556. The lowest BCUT2D eigenvalue weighted by Crippen LogP contribution is -2.43. The molecule has 3 aliphatic heterocycles. The molecule has 3 fully saturated rings. The van der Waals surface area contributed by atoms with Crippen LogP contribution in [0.4, 0.5) is 37.2 Å². The van der Waals surface area contributed by atoms with Crippen molar-refractivity contribution in [1.29, 1.82) is 5.26 Å². The number of hydrogen-bond acceptors (Lipinski definition) is 9. The molecule has 3 saturated heterocycles. The van der Waals surface area contributed by atoms with Crippen LogP contribution in [0.25, 0.3) is 32.1 Å². The minimum atomic E-state index is -5.09. The molecule has 3 atom stereocenters. The largest absolute Gasteiger partial charge is 0.461 e. The summed E-state index contributed by atoms with van der Waals surface area (Å²) in [5.41, 5.74) is 1.87. The summed E-state index contributed by atoms with van der Waals surface area (Å²) in [6.07, 6.45) is -4.84. The van der Waals surface area contributed by atoms with E-state index in [9.17, 15) is 32.3 Å². The number of fused-ring (bicyclic) bond motifs is 3. The van der Waals surface area contributed by atoms with E-state index in [4.69, 9.17) is 10.5 Å². The van der Waals surface area contributed by atoms with Gasteiger partial charge in [-0.05, 0) is 43.5 Å². The average Bonchev–Trinajstić information content (AvgIpc) is 3.74. The molecule has 0 bridgehead atoms. The number of aromatic nitrogens is 2. The van der Waals surface area contributed by atoms with Crippen LogP contribution in [0, 0.1) is 23.0 Å². The van der Waals surface area contributed by atoms with Gasteiger partial charge in [0.15, 0.2) is 5.82 Å². The molecule has 2 aromatic carbocycles. The van der Waals surface area contributed by atoms with Gasteiger partial charge in [0.05, 0.1) is 27.5 Å². The number of benzene rings is 2. The molecular formula is C30H26F6N6O2S. The highest BCUT2D eigenvalue weighted by atomic mass is 32.1. The SMILES string of the molecule is N#Cc1c(N)sc2c(F)ccc(-c3c(C(F)(F)F)cc4c(N5CCC(O)C5)nc(OCC56CCCN5CC(F)C6)nc4c3F)c12. The van der Waals surface area contributed by atoms with Gasteiger partial charge in [-0.3, -0.25) is 4.90 Å². The number of nitrogen functional groups attached to an aromatic ring is 1. The molecule has 7 rings (SSSR count). The van der Waals surface area contributed by atoms with Crippen molar-refractivity contribution in [2.24, 2.45) is 0 Å². The molecule has 3 unspecified atom stereocenters. The highest BCUT2D eigenvalue weighted by Crippen LogP contribution is 2.48. The number of β-amino-alcohol motifs (C(OH)–C–C–N with tert-alkyl or cyclic N) is 1. The second kappa shape index (κ2) is 10.6. The first-order valence-electron chi connectivity index (χ1n) is 14.4. The molecule has 0 radical (unpaired) electrons. The number of alkyl halides is 4. The zero-order chi connectivity index (χ0) is 31.8. The fraction of sp³-hybridized carbons (Fsp3) is 0.433. The van der Waals surface area contributed by atoms with Crippen molar-refractivity contribution in [3.63, 3.8) is 0 Å². The van der Waals surface area contributed by atoms with Crippen LogP contribution in [0.5, 0.6) is 6.01 Å². The third-order valence-electron chi connectivity index (χ3n) is 9.09. The smallest absolute Gasteiger partial charge is 0.417 e. The van der Waals surface area contributed by atoms with Gasteiger partial charge in [0.2, 0.25) is 0 Å². The molecule has 2 aromatic heterocycles. The number of thiophene rings is 1. The van der Waals surface area contributed by atoms with Crippen LogP contribution in [0.3, 0.4) is 0 Å². The van der Waals surface area contributed by atoms with Gasteiger partial charge in [0.25, 0.3) is 0 Å². The average molecular weight is 649 g/mol. The number of nitrogens with zero attached hydrogens (tertiary/aromatic N) is 5. The van der Waals surface area contributed by atoms with Crippen molar-refractivity contribution < 1.29 is 36.2 Å². The summed E-state index contributed by atoms with van der Waals surface area (Å²) >= 11 is 0.679. The van der Waals surface area contributed by atoms with Crippen LogP contribution in [-0.4, -0.2) is 70.6 Å². The van der Waals surface area contributed by atoms with Crippen LogP contribution in [-0.2, 0) is 6.18 Å². The number of aliphatic hydroxyl groups excluding tert-OH is 1. The summed E-state index contributed by atoms with van der Waals surface area (Å²) in [7, 11) is 0. The summed E-state index contributed by atoms with van der Waals surface area (Å²) in [5, 5.41) is 19.3. The van der Waals surface area contributed by atoms with Crippen LogP contribution < -0.4 is 15.4 Å². The molecule has 0 spiro atoms. The Balaban J connectivity index is 1.46. The fourth-order valence-corrected chi connectivity index (χ4v) is 8.02. The summed E-state index contributed by atoms with van der Waals surface area (Å²) in [6, 6.07) is 4.11. The van der Waals surface area contributed by atoms with Crippen molar-refractivity contribution in [3.8, 4) is 23.2 Å². The number of anilines is 2. The van der Waals surface area contributed by atoms with E-state index in [0.717, 1.165) is 24.6 Å². The highest BCUT2D eigenvalue weighted by molar-refractivity contribution is 7.23. The second-order valence-electron chi connectivity index (χ2n) is 11.8. The third-order valence-corrected chi connectivity index (χ3v) is 10.1. The van der Waals surface area contributed by atoms with Gasteiger partial charge in [0, 0.05) is 42.4 Å². The zero-order valence-corrected chi connectivity index (χ0v) is 24.4. The maximum atomic E-state index is 16.8. The molecule has 5 heterocycles. The summed E-state index contributed by atoms with van der Waals surface area (Å²) < 4.78 is 95.9. The van der Waals surface area contributed by atoms with E-state index in [1.165, 1.54) is 4.90 Å². The fourth-order valence-electron chi connectivity index (χ4n) is 7.07. The maximum Gasteiger partial charge on any atom is 0.417 e. The minimum Gasteiger partial charge on any atom is -0.461 e. The standard InChI is InChI=1S/C30H26F6N6O2S/c31-14-9-29(5-1-6-42(29)11-14)13-44-28-39-24-17(27(40-28)41-7-4-15(43)12-41)8-19(30(34,35)36)22(23(24)33)16-2-3-20(32)25-21(16)18(10-37)26(38)45-25/h2-3,8,14-15,43H,1,4-7,9,11-13,38H2. The first-order chi connectivity index (χ1) is 21.4. The van der Waals surface area contributed by atoms with Crippen molar-refractivity contribution in [2.75, 3.05) is 43.4 Å². The molecule has 3 aliphatic rings. The number of aliphatic hydroxyl groups is 1. The van der Waals surface area contributed by atoms with E-state index in [1.54, 1.807) is 6.07 Å². The second-order valence-corrected chi connectivity index (χ2v) is 12.9. The molecule has 236 valence electrons. The molecule has 0 aliphatic carbocycles. The van der Waals surface area contributed by atoms with E-state index in [1.807, 2.05) is 4.90 Å². The van der Waals surface area contributed by atoms with E-state index in [0.29, 0.717) is 30.7 Å². The lowest BCUT2D eigenvalue weighted by Gasteiger charge is -2.31. The number of rotatable bonds is 5. The van der Waals surface area contributed by atoms with Crippen molar-refractivity contribution >= 4 is 43.1 Å². The van der Waals surface area contributed by atoms with Crippen LogP contribution in [0.1, 0.15) is 36.8 Å². The van der Waals surface area contributed by atoms with E-state index >= 15 is 4.39 Å². The third kappa shape index (κ3) is 4.81. The predicted molar refractivity (Wildman–Crippen MR) is 156 cm³/mol. The lowest BCUT2D eigenvalue weighted by molar-refractivity contribution is -0.137. The van der Waals surface area contributed by atoms with E-state index < -0.39 is 52.3 Å². The number of ether oxygens (including phenoxy) is 1. The lowest BCUT2D eigenvalue weighted by atomic mass is 9.92. The number of halogens is 6. The van der Waals surface area contributed by atoms with E-state index in [2.05, 4.69) is 9.97 Å².